The van der Waals surface area contributed by atoms with Crippen LogP contribution in [0.4, 0.5) is 5.82 Å². The van der Waals surface area contributed by atoms with Crippen LogP contribution in [0.1, 0.15) is 15.0 Å². The Labute approximate surface area is 180 Å². The van der Waals surface area contributed by atoms with E-state index in [1.54, 1.807) is 23.0 Å². The van der Waals surface area contributed by atoms with E-state index in [1.165, 1.54) is 15.6 Å². The molecule has 4 aromatic rings. The smallest absolute Gasteiger partial charge is 0.244 e. The zero-order valence-corrected chi connectivity index (χ0v) is 17.4. The maximum Gasteiger partial charge on any atom is 0.244 e. The second-order valence-corrected chi connectivity index (χ2v) is 9.61. The number of benzene rings is 1. The molecule has 1 aromatic carbocycles. The van der Waals surface area contributed by atoms with Gasteiger partial charge in [-0.3, -0.25) is 0 Å². The van der Waals surface area contributed by atoms with Crippen molar-refractivity contribution in [2.45, 2.75) is 11.3 Å². The van der Waals surface area contributed by atoms with Crippen molar-refractivity contribution in [3.63, 3.8) is 0 Å². The number of imidazole rings is 1. The average molecular weight is 443 g/mol. The number of hydrogen-bond donors (Lipinski definition) is 2. The quantitative estimate of drug-likeness (QED) is 0.498. The summed E-state index contributed by atoms with van der Waals surface area (Å²) in [4.78, 5) is 17.1. The number of hydrogen-bond acceptors (Lipinski definition) is 7. The second kappa shape index (κ2) is 7.31. The lowest BCUT2D eigenvalue weighted by molar-refractivity contribution is 0.441. The van der Waals surface area contributed by atoms with Gasteiger partial charge in [-0.25, -0.2) is 23.4 Å². The summed E-state index contributed by atoms with van der Waals surface area (Å²) in [5, 5.41) is 3.42. The Bertz CT molecular complexity index is 1340. The van der Waals surface area contributed by atoms with Gasteiger partial charge in [-0.15, -0.1) is 0 Å². The van der Waals surface area contributed by atoms with Gasteiger partial charge in [0.25, 0.3) is 0 Å². The first-order valence-electron chi connectivity index (χ1n) is 9.32. The van der Waals surface area contributed by atoms with Gasteiger partial charge in [0.05, 0.1) is 27.8 Å². The number of fused-ring (bicyclic) bond motifs is 1. The lowest BCUT2D eigenvalue weighted by atomic mass is 10.1. The highest BCUT2D eigenvalue weighted by Gasteiger charge is 2.27. The Kier molecular flexibility index (Phi) is 4.61. The number of H-pyrrole nitrogens is 1. The molecule has 4 heterocycles. The number of nitrogens with zero attached hydrogens (tertiary/aromatic N) is 4. The van der Waals surface area contributed by atoms with Crippen LogP contribution in [0.2, 0.25) is 0 Å². The minimum atomic E-state index is -3.47. The first kappa shape index (κ1) is 18.9. The molecule has 0 saturated heterocycles. The monoisotopic (exact) mass is 442 g/mol. The van der Waals surface area contributed by atoms with Crippen LogP contribution in [0.15, 0.2) is 58.3 Å². The lowest BCUT2D eigenvalue weighted by Crippen LogP contribution is -2.34. The van der Waals surface area contributed by atoms with E-state index in [0.717, 1.165) is 16.6 Å². The molecule has 0 saturated carbocycles. The number of thiophene rings is 1. The van der Waals surface area contributed by atoms with Gasteiger partial charge in [0, 0.05) is 21.3 Å². The van der Waals surface area contributed by atoms with Gasteiger partial charge in [0.15, 0.2) is 11.6 Å². The average Bonchev–Trinajstić information content (AvgIpc) is 3.44. The van der Waals surface area contributed by atoms with Crippen LogP contribution >= 0.6 is 11.3 Å². The number of rotatable bonds is 4. The molecule has 156 valence electrons. The highest BCUT2D eigenvalue weighted by atomic mass is 32.2. The molecule has 0 atom stereocenters. The van der Waals surface area contributed by atoms with Crippen LogP contribution < -0.4 is 5.73 Å². The zero-order valence-electron chi connectivity index (χ0n) is 15.8. The Morgan fingerprint density at radius 1 is 1.20 bits per heavy atom. The van der Waals surface area contributed by atoms with Gasteiger partial charge < -0.3 is 10.7 Å². The van der Waals surface area contributed by atoms with E-state index in [-0.39, 0.29) is 8.67 Å². The fourth-order valence-electron chi connectivity index (χ4n) is 3.44. The highest BCUT2D eigenvalue weighted by molar-refractivity contribution is 7.89. The minimum Gasteiger partial charge on any atom is -0.382 e. The SMILES string of the molecule is Nc1ncc(C2=CCN(S(=O)(=O)c3ccsc3)CC2)nc1-c1nc2ccccc2[nH]1.[HH].[HH]. The maximum atomic E-state index is 12.7. The molecular formula is C20H22N6O2S2. The fraction of sp³-hybridized carbons (Fsp3) is 0.150. The van der Waals surface area contributed by atoms with E-state index in [4.69, 9.17) is 5.73 Å². The third-order valence-corrected chi connectivity index (χ3v) is 7.74. The van der Waals surface area contributed by atoms with Gasteiger partial charge in [-0.05, 0) is 35.6 Å². The lowest BCUT2D eigenvalue weighted by Gasteiger charge is -2.25. The summed E-state index contributed by atoms with van der Waals surface area (Å²) in [5.41, 5.74) is 9.88. The molecule has 1 aliphatic rings. The van der Waals surface area contributed by atoms with E-state index in [9.17, 15) is 8.42 Å². The highest BCUT2D eigenvalue weighted by Crippen LogP contribution is 2.28. The molecule has 0 amide bonds. The molecule has 1 aliphatic heterocycles. The molecule has 3 N–H and O–H groups in total. The molecular weight excluding hydrogens is 420 g/mol. The zero-order chi connectivity index (χ0) is 20.7. The van der Waals surface area contributed by atoms with E-state index in [2.05, 4.69) is 19.9 Å². The van der Waals surface area contributed by atoms with Crippen LogP contribution in [0, 0.1) is 0 Å². The number of nitrogens with two attached hydrogens (primary N) is 1. The fourth-order valence-corrected chi connectivity index (χ4v) is 5.84. The van der Waals surface area contributed by atoms with Gasteiger partial charge in [-0.2, -0.15) is 15.6 Å². The first-order chi connectivity index (χ1) is 14.5. The Morgan fingerprint density at radius 3 is 2.80 bits per heavy atom. The second-order valence-electron chi connectivity index (χ2n) is 6.89. The summed E-state index contributed by atoms with van der Waals surface area (Å²) in [6.07, 6.45) is 4.05. The summed E-state index contributed by atoms with van der Waals surface area (Å²) < 4.78 is 26.9. The minimum absolute atomic E-state index is 0. The van der Waals surface area contributed by atoms with Crippen molar-refractivity contribution < 1.29 is 11.3 Å². The normalized spacial score (nSPS) is 15.4. The molecule has 0 fully saturated rings. The molecule has 3 aromatic heterocycles. The van der Waals surface area contributed by atoms with Crippen LogP contribution in [0.5, 0.6) is 0 Å². The standard InChI is InChI=1S/C20H18N6O2S2.2H2/c21-19-18(20-24-15-3-1-2-4-16(15)25-20)23-17(11-22-19)13-5-8-26(9-6-13)30(27,28)14-7-10-29-12-14;;/h1-5,7,10-12H,6,8-9H2,(H2,21,22)(H,24,25);2*1H. The molecule has 30 heavy (non-hydrogen) atoms. The molecule has 0 aliphatic carbocycles. The maximum absolute atomic E-state index is 12.7. The van der Waals surface area contributed by atoms with Crippen LogP contribution in [0.25, 0.3) is 28.1 Å². The number of aromatic amines is 1. The van der Waals surface area contributed by atoms with Crippen molar-refractivity contribution in [1.82, 2.24) is 24.2 Å². The summed E-state index contributed by atoms with van der Waals surface area (Å²) >= 11 is 1.37. The molecule has 0 unspecified atom stereocenters. The summed E-state index contributed by atoms with van der Waals surface area (Å²) in [5.74, 6) is 0.844. The number of para-hydroxylation sites is 2. The third kappa shape index (κ3) is 3.28. The van der Waals surface area contributed by atoms with Gasteiger partial charge >= 0.3 is 0 Å². The Morgan fingerprint density at radius 2 is 2.07 bits per heavy atom. The third-order valence-electron chi connectivity index (χ3n) is 5.05. The topological polar surface area (TPSA) is 118 Å². The molecule has 0 bridgehead atoms. The molecule has 10 heteroatoms. The van der Waals surface area contributed by atoms with Gasteiger partial charge in [0.2, 0.25) is 10.0 Å². The van der Waals surface area contributed by atoms with Gasteiger partial charge in [0.1, 0.15) is 5.69 Å². The predicted octanol–water partition coefficient (Wildman–Crippen LogP) is 3.63. The van der Waals surface area contributed by atoms with E-state index >= 15 is 0 Å². The molecule has 5 rings (SSSR count). The van der Waals surface area contributed by atoms with E-state index in [0.29, 0.717) is 41.6 Å². The van der Waals surface area contributed by atoms with Crippen LogP contribution in [-0.2, 0) is 10.0 Å². The van der Waals surface area contributed by atoms with Crippen LogP contribution in [-0.4, -0.2) is 45.7 Å². The molecule has 8 nitrogen and oxygen atoms in total. The Balaban J connectivity index is 0.00000144. The van der Waals surface area contributed by atoms with Crippen molar-refractivity contribution in [1.29, 1.82) is 0 Å². The summed E-state index contributed by atoms with van der Waals surface area (Å²) in [7, 11) is -3.47. The summed E-state index contributed by atoms with van der Waals surface area (Å²) in [6.45, 7) is 0.676. The largest absolute Gasteiger partial charge is 0.382 e. The number of nitrogens with one attached hydrogen (secondary N) is 1. The predicted molar refractivity (Wildman–Crippen MR) is 121 cm³/mol. The van der Waals surface area contributed by atoms with Crippen molar-refractivity contribution in [2.75, 3.05) is 18.8 Å². The number of aromatic nitrogens is 4. The van der Waals surface area contributed by atoms with E-state index < -0.39 is 10.0 Å². The van der Waals surface area contributed by atoms with Crippen molar-refractivity contribution in [2.24, 2.45) is 0 Å². The first-order valence-corrected chi connectivity index (χ1v) is 11.7. The molecule has 0 radical (unpaired) electrons. The van der Waals surface area contributed by atoms with Crippen molar-refractivity contribution in [3.8, 4) is 11.5 Å². The Hall–Kier alpha value is -3.08. The van der Waals surface area contributed by atoms with E-state index in [1.807, 2.05) is 30.3 Å². The van der Waals surface area contributed by atoms with Crippen molar-refractivity contribution >= 4 is 43.8 Å². The number of anilines is 1. The van der Waals surface area contributed by atoms with Crippen molar-refractivity contribution in [3.05, 3.63) is 59.1 Å². The van der Waals surface area contributed by atoms with Crippen LogP contribution in [0.3, 0.4) is 0 Å². The number of nitrogen functional groups attached to an aromatic ring is 1. The van der Waals surface area contributed by atoms with Gasteiger partial charge in [-0.1, -0.05) is 18.2 Å². The molecule has 0 spiro atoms. The number of sulfonamides is 1. The summed E-state index contributed by atoms with van der Waals surface area (Å²) in [6, 6.07) is 9.32.